The summed E-state index contributed by atoms with van der Waals surface area (Å²) < 4.78 is 45.1. The van der Waals surface area contributed by atoms with Crippen LogP contribution in [0.2, 0.25) is 0 Å². The molecule has 7 heteroatoms. The molecule has 0 rings (SSSR count). The Kier molecular flexibility index (Phi) is 7.02. The molecule has 0 spiro atoms. The van der Waals surface area contributed by atoms with Crippen molar-refractivity contribution < 1.29 is 32.2 Å². The Morgan fingerprint density at radius 1 is 1.20 bits per heavy atom. The first-order chi connectivity index (χ1) is 9.03. The highest BCUT2D eigenvalue weighted by atomic mass is 19.4. The van der Waals surface area contributed by atoms with Crippen molar-refractivity contribution in [1.29, 1.82) is 0 Å². The molecule has 0 aliphatic rings. The number of halogens is 3. The highest BCUT2D eigenvalue weighted by Crippen LogP contribution is 2.24. The van der Waals surface area contributed by atoms with Gasteiger partial charge in [0.15, 0.2) is 6.61 Å². The van der Waals surface area contributed by atoms with E-state index < -0.39 is 36.7 Å². The minimum Gasteiger partial charge on any atom is -0.459 e. The van der Waals surface area contributed by atoms with Crippen LogP contribution in [0.1, 0.15) is 47.0 Å². The molecule has 0 heterocycles. The molecule has 0 aliphatic carbocycles. The molecule has 0 radical (unpaired) electrons. The van der Waals surface area contributed by atoms with Gasteiger partial charge in [-0.3, -0.25) is 9.59 Å². The van der Waals surface area contributed by atoms with Gasteiger partial charge >= 0.3 is 18.1 Å². The van der Waals surface area contributed by atoms with Crippen molar-refractivity contribution in [3.8, 4) is 0 Å². The Morgan fingerprint density at radius 2 is 1.75 bits per heavy atom. The second-order valence-electron chi connectivity index (χ2n) is 4.99. The lowest BCUT2D eigenvalue weighted by Gasteiger charge is -2.28. The Morgan fingerprint density at radius 3 is 2.15 bits per heavy atom. The van der Waals surface area contributed by atoms with Gasteiger partial charge in [-0.2, -0.15) is 13.2 Å². The molecule has 2 atom stereocenters. The van der Waals surface area contributed by atoms with Gasteiger partial charge in [0.05, 0.1) is 12.3 Å². The standard InChI is InChI=1S/C13H21F3O4/c1-5-9(3)11(18)20-12(4,6-2)7-10(17)19-8-13(14,15)16/h9H,5-8H2,1-4H3. The van der Waals surface area contributed by atoms with E-state index in [2.05, 4.69) is 4.74 Å². The van der Waals surface area contributed by atoms with E-state index in [-0.39, 0.29) is 5.92 Å². The molecule has 0 bridgehead atoms. The summed E-state index contributed by atoms with van der Waals surface area (Å²) in [6.45, 7) is 5.04. The second kappa shape index (κ2) is 7.50. The molecule has 0 aromatic carbocycles. The van der Waals surface area contributed by atoms with Crippen molar-refractivity contribution in [1.82, 2.24) is 0 Å². The van der Waals surface area contributed by atoms with Crippen molar-refractivity contribution in [3.05, 3.63) is 0 Å². The monoisotopic (exact) mass is 298 g/mol. The van der Waals surface area contributed by atoms with Crippen molar-refractivity contribution in [2.24, 2.45) is 5.92 Å². The van der Waals surface area contributed by atoms with Gasteiger partial charge in [0.2, 0.25) is 0 Å². The summed E-state index contributed by atoms with van der Waals surface area (Å²) in [5.74, 6) is -1.84. The fraction of sp³-hybridized carbons (Fsp3) is 0.846. The third-order valence-electron chi connectivity index (χ3n) is 3.02. The summed E-state index contributed by atoms with van der Waals surface area (Å²) >= 11 is 0. The van der Waals surface area contributed by atoms with Gasteiger partial charge in [0.1, 0.15) is 5.60 Å². The van der Waals surface area contributed by atoms with Gasteiger partial charge in [0, 0.05) is 0 Å². The smallest absolute Gasteiger partial charge is 0.422 e. The molecule has 20 heavy (non-hydrogen) atoms. The number of alkyl halides is 3. The molecule has 2 unspecified atom stereocenters. The first kappa shape index (κ1) is 18.7. The number of hydrogen-bond donors (Lipinski definition) is 0. The van der Waals surface area contributed by atoms with Crippen LogP contribution in [0.25, 0.3) is 0 Å². The molecule has 0 aromatic heterocycles. The maximum Gasteiger partial charge on any atom is 0.422 e. The summed E-state index contributed by atoms with van der Waals surface area (Å²) in [5.41, 5.74) is -1.15. The van der Waals surface area contributed by atoms with Crippen LogP contribution < -0.4 is 0 Å². The molecule has 4 nitrogen and oxygen atoms in total. The van der Waals surface area contributed by atoms with Gasteiger partial charge in [-0.05, 0) is 19.8 Å². The summed E-state index contributed by atoms with van der Waals surface area (Å²) in [4.78, 5) is 23.1. The van der Waals surface area contributed by atoms with E-state index in [0.29, 0.717) is 12.8 Å². The largest absolute Gasteiger partial charge is 0.459 e. The van der Waals surface area contributed by atoms with Gasteiger partial charge in [-0.1, -0.05) is 20.8 Å². The molecule has 0 aromatic rings. The Bertz CT molecular complexity index is 341. The van der Waals surface area contributed by atoms with E-state index in [1.165, 1.54) is 6.92 Å². The third kappa shape index (κ3) is 7.35. The first-order valence-electron chi connectivity index (χ1n) is 6.48. The van der Waals surface area contributed by atoms with E-state index >= 15 is 0 Å². The van der Waals surface area contributed by atoms with Crippen LogP contribution in [0, 0.1) is 5.92 Å². The van der Waals surface area contributed by atoms with Crippen LogP contribution in [-0.2, 0) is 19.1 Å². The van der Waals surface area contributed by atoms with Crippen LogP contribution in [-0.4, -0.2) is 30.3 Å². The lowest BCUT2D eigenvalue weighted by atomic mass is 9.98. The van der Waals surface area contributed by atoms with Crippen LogP contribution in [0.3, 0.4) is 0 Å². The van der Waals surface area contributed by atoms with Crippen LogP contribution in [0.15, 0.2) is 0 Å². The molecule has 0 saturated carbocycles. The van der Waals surface area contributed by atoms with Gasteiger partial charge in [-0.15, -0.1) is 0 Å². The number of hydrogen-bond acceptors (Lipinski definition) is 4. The molecule has 118 valence electrons. The quantitative estimate of drug-likeness (QED) is 0.677. The highest BCUT2D eigenvalue weighted by Gasteiger charge is 2.34. The lowest BCUT2D eigenvalue weighted by Crippen LogP contribution is -2.36. The van der Waals surface area contributed by atoms with E-state index in [1.807, 2.05) is 6.92 Å². The van der Waals surface area contributed by atoms with Crippen molar-refractivity contribution in [2.45, 2.75) is 58.7 Å². The number of rotatable bonds is 7. The second-order valence-corrected chi connectivity index (χ2v) is 4.99. The number of carbonyl (C=O) groups is 2. The third-order valence-corrected chi connectivity index (χ3v) is 3.02. The van der Waals surface area contributed by atoms with Crippen molar-refractivity contribution in [3.63, 3.8) is 0 Å². The SMILES string of the molecule is CCC(C)C(=O)OC(C)(CC)CC(=O)OCC(F)(F)F. The van der Waals surface area contributed by atoms with Crippen molar-refractivity contribution >= 4 is 11.9 Å². The summed E-state index contributed by atoms with van der Waals surface area (Å²) in [7, 11) is 0. The summed E-state index contributed by atoms with van der Waals surface area (Å²) in [6.07, 6.45) is -4.08. The van der Waals surface area contributed by atoms with E-state index in [1.54, 1.807) is 13.8 Å². The topological polar surface area (TPSA) is 52.6 Å². The number of esters is 2. The summed E-state index contributed by atoms with van der Waals surface area (Å²) in [5, 5.41) is 0. The molecule has 0 saturated heterocycles. The average Bonchev–Trinajstić information content (AvgIpc) is 2.34. The predicted molar refractivity (Wildman–Crippen MR) is 65.9 cm³/mol. The Balaban J connectivity index is 4.50. The molecule has 0 fully saturated rings. The van der Waals surface area contributed by atoms with E-state index in [4.69, 9.17) is 4.74 Å². The minimum atomic E-state index is -4.56. The van der Waals surface area contributed by atoms with Crippen molar-refractivity contribution in [2.75, 3.05) is 6.61 Å². The minimum absolute atomic E-state index is 0.302. The van der Waals surface area contributed by atoms with Gasteiger partial charge in [0.25, 0.3) is 0 Å². The zero-order chi connectivity index (χ0) is 16.0. The molecular formula is C13H21F3O4. The van der Waals surface area contributed by atoms with Crippen LogP contribution in [0.4, 0.5) is 13.2 Å². The van der Waals surface area contributed by atoms with Gasteiger partial charge in [-0.25, -0.2) is 0 Å². The number of ether oxygens (including phenoxy) is 2. The Hall–Kier alpha value is -1.27. The van der Waals surface area contributed by atoms with E-state index in [0.717, 1.165) is 0 Å². The highest BCUT2D eigenvalue weighted by molar-refractivity contribution is 5.74. The van der Waals surface area contributed by atoms with Gasteiger partial charge < -0.3 is 9.47 Å². The normalized spacial score (nSPS) is 16.1. The molecule has 0 N–H and O–H groups in total. The molecular weight excluding hydrogens is 277 g/mol. The fourth-order valence-corrected chi connectivity index (χ4v) is 1.26. The van der Waals surface area contributed by atoms with E-state index in [9.17, 15) is 22.8 Å². The zero-order valence-corrected chi connectivity index (χ0v) is 12.2. The van der Waals surface area contributed by atoms with Crippen LogP contribution >= 0.6 is 0 Å². The maximum absolute atomic E-state index is 11.9. The average molecular weight is 298 g/mol. The lowest BCUT2D eigenvalue weighted by molar-refractivity contribution is -0.191. The molecule has 0 amide bonds. The predicted octanol–water partition coefficient (Wildman–Crippen LogP) is 3.24. The molecule has 0 aliphatic heterocycles. The maximum atomic E-state index is 11.9. The number of carbonyl (C=O) groups excluding carboxylic acids is 2. The van der Waals surface area contributed by atoms with Crippen LogP contribution in [0.5, 0.6) is 0 Å². The zero-order valence-electron chi connectivity index (χ0n) is 12.2. The fourth-order valence-electron chi connectivity index (χ4n) is 1.26. The Labute approximate surface area is 116 Å². The summed E-state index contributed by atoms with van der Waals surface area (Å²) in [6, 6.07) is 0. The first-order valence-corrected chi connectivity index (χ1v) is 6.48.